The normalized spacial score (nSPS) is 12.0. The van der Waals surface area contributed by atoms with Crippen LogP contribution in [0.1, 0.15) is 30.6 Å². The zero-order chi connectivity index (χ0) is 19.6. The van der Waals surface area contributed by atoms with Crippen LogP contribution < -0.4 is 10.6 Å². The highest BCUT2D eigenvalue weighted by Gasteiger charge is 2.18. The van der Waals surface area contributed by atoms with Crippen molar-refractivity contribution in [2.45, 2.75) is 26.3 Å². The number of nitrogens with one attached hydrogen (secondary N) is 2. The van der Waals surface area contributed by atoms with Crippen LogP contribution in [-0.2, 0) is 16.6 Å². The van der Waals surface area contributed by atoms with Crippen LogP contribution in [0.15, 0.2) is 36.5 Å². The Labute approximate surface area is 161 Å². The number of benzene rings is 1. The van der Waals surface area contributed by atoms with Gasteiger partial charge in [-0.15, -0.1) is 0 Å². The van der Waals surface area contributed by atoms with Crippen molar-refractivity contribution >= 4 is 40.1 Å². The number of fused-ring (bicyclic) bond motifs is 1. The lowest BCUT2D eigenvalue weighted by molar-refractivity contribution is -0.120. The highest BCUT2D eigenvalue weighted by molar-refractivity contribution is 6.30. The average Bonchev–Trinajstić information content (AvgIpc) is 2.88. The average molecular weight is 386 g/mol. The van der Waals surface area contributed by atoms with E-state index in [1.165, 1.54) is 6.92 Å². The molecule has 1 atom stereocenters. The molecule has 140 valence electrons. The number of carbonyl (C=O) groups is 2. The van der Waals surface area contributed by atoms with Crippen LogP contribution >= 0.6 is 11.6 Å². The molecule has 2 amide bonds. The fourth-order valence-corrected chi connectivity index (χ4v) is 3.09. The van der Waals surface area contributed by atoms with Gasteiger partial charge in [0.05, 0.1) is 30.0 Å². The van der Waals surface area contributed by atoms with Crippen molar-refractivity contribution in [3.63, 3.8) is 0 Å². The Morgan fingerprint density at radius 2 is 1.96 bits per heavy atom. The molecule has 3 aromatic rings. The monoisotopic (exact) mass is 385 g/mol. The molecule has 0 unspecified atom stereocenters. The molecule has 0 spiro atoms. The summed E-state index contributed by atoms with van der Waals surface area (Å²) in [6.45, 7) is 3.31. The molecule has 0 saturated carbocycles. The number of rotatable bonds is 5. The number of aryl methyl sites for hydroxylation is 2. The predicted molar refractivity (Wildman–Crippen MR) is 105 cm³/mol. The SMILES string of the molecule is CC(=O)N[C@H](CC(=O)Nc1cnc2c(c1)c(C)nn2C)c1ccc(Cl)cc1. The van der Waals surface area contributed by atoms with Gasteiger partial charge in [0.2, 0.25) is 11.8 Å². The van der Waals surface area contributed by atoms with Crippen LogP contribution in [0.3, 0.4) is 0 Å². The summed E-state index contributed by atoms with van der Waals surface area (Å²) in [6, 6.07) is 8.44. The van der Waals surface area contributed by atoms with Gasteiger partial charge in [0, 0.05) is 24.4 Å². The Morgan fingerprint density at radius 1 is 1.26 bits per heavy atom. The van der Waals surface area contributed by atoms with E-state index in [4.69, 9.17) is 11.6 Å². The van der Waals surface area contributed by atoms with E-state index in [1.54, 1.807) is 35.1 Å². The third kappa shape index (κ3) is 4.43. The summed E-state index contributed by atoms with van der Waals surface area (Å²) < 4.78 is 1.70. The third-order valence-electron chi connectivity index (χ3n) is 4.19. The van der Waals surface area contributed by atoms with Crippen molar-refractivity contribution < 1.29 is 9.59 Å². The molecule has 7 nitrogen and oxygen atoms in total. The van der Waals surface area contributed by atoms with Gasteiger partial charge in [-0.05, 0) is 30.7 Å². The fourth-order valence-electron chi connectivity index (χ4n) is 2.97. The van der Waals surface area contributed by atoms with Gasteiger partial charge in [-0.1, -0.05) is 23.7 Å². The first-order chi connectivity index (χ1) is 12.8. The van der Waals surface area contributed by atoms with Crippen LogP contribution in [-0.4, -0.2) is 26.6 Å². The van der Waals surface area contributed by atoms with E-state index in [0.29, 0.717) is 10.7 Å². The molecule has 1 aromatic carbocycles. The summed E-state index contributed by atoms with van der Waals surface area (Å²) >= 11 is 5.92. The number of anilines is 1. The van der Waals surface area contributed by atoms with E-state index >= 15 is 0 Å². The predicted octanol–water partition coefficient (Wildman–Crippen LogP) is 3.14. The highest BCUT2D eigenvalue weighted by atomic mass is 35.5. The molecule has 27 heavy (non-hydrogen) atoms. The van der Waals surface area contributed by atoms with E-state index in [0.717, 1.165) is 22.3 Å². The molecule has 0 aliphatic carbocycles. The second-order valence-corrected chi connectivity index (χ2v) is 6.80. The van der Waals surface area contributed by atoms with Crippen LogP contribution in [0.4, 0.5) is 5.69 Å². The summed E-state index contributed by atoms with van der Waals surface area (Å²) in [4.78, 5) is 28.4. The largest absolute Gasteiger partial charge is 0.349 e. The maximum atomic E-state index is 12.5. The van der Waals surface area contributed by atoms with Crippen LogP contribution in [0.2, 0.25) is 5.02 Å². The molecule has 0 bridgehead atoms. The zero-order valence-electron chi connectivity index (χ0n) is 15.3. The number of carbonyl (C=O) groups excluding carboxylic acids is 2. The molecule has 0 fully saturated rings. The quantitative estimate of drug-likeness (QED) is 0.706. The first-order valence-electron chi connectivity index (χ1n) is 8.45. The summed E-state index contributed by atoms with van der Waals surface area (Å²) in [5.74, 6) is -0.441. The van der Waals surface area contributed by atoms with E-state index in [9.17, 15) is 9.59 Å². The molecule has 2 aromatic heterocycles. The first kappa shape index (κ1) is 18.8. The van der Waals surface area contributed by atoms with Gasteiger partial charge in [0.15, 0.2) is 5.65 Å². The minimum absolute atomic E-state index is 0.0886. The Morgan fingerprint density at radius 3 is 2.63 bits per heavy atom. The maximum absolute atomic E-state index is 12.5. The molecule has 0 radical (unpaired) electrons. The van der Waals surface area contributed by atoms with Gasteiger partial charge >= 0.3 is 0 Å². The van der Waals surface area contributed by atoms with Gasteiger partial charge < -0.3 is 10.6 Å². The molecule has 2 heterocycles. The van der Waals surface area contributed by atoms with Gasteiger partial charge in [-0.2, -0.15) is 5.10 Å². The van der Waals surface area contributed by atoms with Crippen molar-refractivity contribution in [1.82, 2.24) is 20.1 Å². The van der Waals surface area contributed by atoms with E-state index < -0.39 is 6.04 Å². The number of amides is 2. The lowest BCUT2D eigenvalue weighted by Crippen LogP contribution is -2.29. The summed E-state index contributed by atoms with van der Waals surface area (Å²) in [7, 11) is 1.82. The van der Waals surface area contributed by atoms with Gasteiger partial charge in [0.1, 0.15) is 0 Å². The van der Waals surface area contributed by atoms with Crippen molar-refractivity contribution in [2.75, 3.05) is 5.32 Å². The Hall–Kier alpha value is -2.93. The van der Waals surface area contributed by atoms with Crippen LogP contribution in [0, 0.1) is 6.92 Å². The number of aromatic nitrogens is 3. The van der Waals surface area contributed by atoms with Crippen molar-refractivity contribution in [1.29, 1.82) is 0 Å². The second kappa shape index (κ2) is 7.75. The van der Waals surface area contributed by atoms with E-state index in [1.807, 2.05) is 20.0 Å². The van der Waals surface area contributed by atoms with Gasteiger partial charge in [0.25, 0.3) is 0 Å². The van der Waals surface area contributed by atoms with Gasteiger partial charge in [-0.25, -0.2) is 4.98 Å². The Bertz CT molecular complexity index is 997. The maximum Gasteiger partial charge on any atom is 0.226 e. The van der Waals surface area contributed by atoms with Crippen molar-refractivity contribution in [3.05, 3.63) is 52.8 Å². The van der Waals surface area contributed by atoms with E-state index in [-0.39, 0.29) is 18.2 Å². The lowest BCUT2D eigenvalue weighted by Gasteiger charge is -2.18. The number of hydrogen-bond donors (Lipinski definition) is 2. The number of pyridine rings is 1. The summed E-state index contributed by atoms with van der Waals surface area (Å²) in [5.41, 5.74) is 2.99. The Balaban J connectivity index is 1.76. The van der Waals surface area contributed by atoms with E-state index in [2.05, 4.69) is 20.7 Å². The number of hydrogen-bond acceptors (Lipinski definition) is 4. The lowest BCUT2D eigenvalue weighted by atomic mass is 10.0. The number of halogens is 1. The molecule has 0 aliphatic heterocycles. The molecule has 3 rings (SSSR count). The van der Waals surface area contributed by atoms with Crippen LogP contribution in [0.25, 0.3) is 11.0 Å². The standard InChI is InChI=1S/C19H20ClN5O2/c1-11-16-8-15(10-21-19(16)25(3)24-11)23-18(27)9-17(22-12(2)26)13-4-6-14(20)7-5-13/h4-8,10,17H,9H2,1-3H3,(H,22,26)(H,23,27)/t17-/m1/s1. The molecule has 0 aliphatic rings. The highest BCUT2D eigenvalue weighted by Crippen LogP contribution is 2.22. The number of nitrogens with zero attached hydrogens (tertiary/aromatic N) is 3. The molecule has 2 N–H and O–H groups in total. The van der Waals surface area contributed by atoms with Crippen molar-refractivity contribution in [3.8, 4) is 0 Å². The third-order valence-corrected chi connectivity index (χ3v) is 4.44. The smallest absolute Gasteiger partial charge is 0.226 e. The topological polar surface area (TPSA) is 88.9 Å². The summed E-state index contributed by atoms with van der Waals surface area (Å²) in [6.07, 6.45) is 1.68. The summed E-state index contributed by atoms with van der Waals surface area (Å²) in [5, 5.41) is 11.4. The molecule has 0 saturated heterocycles. The second-order valence-electron chi connectivity index (χ2n) is 6.36. The Kier molecular flexibility index (Phi) is 5.41. The molecular formula is C19H20ClN5O2. The molecule has 8 heteroatoms. The minimum Gasteiger partial charge on any atom is -0.349 e. The minimum atomic E-state index is -0.448. The zero-order valence-corrected chi connectivity index (χ0v) is 16.0. The first-order valence-corrected chi connectivity index (χ1v) is 8.83. The fraction of sp³-hybridized carbons (Fsp3) is 0.263. The van der Waals surface area contributed by atoms with Gasteiger partial charge in [-0.3, -0.25) is 14.3 Å². The van der Waals surface area contributed by atoms with Crippen molar-refractivity contribution in [2.24, 2.45) is 7.05 Å². The van der Waals surface area contributed by atoms with Crippen LogP contribution in [0.5, 0.6) is 0 Å². The molecular weight excluding hydrogens is 366 g/mol.